The fraction of sp³-hybridized carbons (Fsp3) is 0.294. The van der Waals surface area contributed by atoms with Gasteiger partial charge < -0.3 is 9.64 Å². The molecule has 0 fully saturated rings. The molecule has 22 heavy (non-hydrogen) atoms. The van der Waals surface area contributed by atoms with E-state index in [-0.39, 0.29) is 18.3 Å². The number of methoxy groups -OCH3 is 1. The van der Waals surface area contributed by atoms with Crippen molar-refractivity contribution in [2.75, 3.05) is 19.1 Å². The van der Waals surface area contributed by atoms with Crippen LogP contribution in [0.5, 0.6) is 0 Å². The molecule has 1 aromatic heterocycles. The predicted molar refractivity (Wildman–Crippen MR) is 87.3 cm³/mol. The van der Waals surface area contributed by atoms with E-state index in [4.69, 9.17) is 4.74 Å². The van der Waals surface area contributed by atoms with E-state index < -0.39 is 5.92 Å². The maximum atomic E-state index is 12.1. The van der Waals surface area contributed by atoms with Gasteiger partial charge in [0, 0.05) is 23.2 Å². The zero-order valence-corrected chi connectivity index (χ0v) is 13.6. The molecule has 1 amide bonds. The molecule has 0 N–H and O–H groups in total. The van der Waals surface area contributed by atoms with E-state index in [0.717, 1.165) is 21.0 Å². The van der Waals surface area contributed by atoms with Gasteiger partial charge in [-0.2, -0.15) is 0 Å². The first-order valence-electron chi connectivity index (χ1n) is 7.06. The third-order valence-corrected chi connectivity index (χ3v) is 5.25. The number of nitrogens with zero attached hydrogens (tertiary/aromatic N) is 1. The first-order chi connectivity index (χ1) is 10.5. The number of hydrogen-bond donors (Lipinski definition) is 0. The molecule has 0 bridgehead atoms. The highest BCUT2D eigenvalue weighted by molar-refractivity contribution is 7.16. The topological polar surface area (TPSA) is 46.6 Å². The van der Waals surface area contributed by atoms with Crippen LogP contribution in [0.15, 0.2) is 30.3 Å². The van der Waals surface area contributed by atoms with Gasteiger partial charge in [0.05, 0.1) is 12.8 Å². The molecule has 1 aliphatic rings. The second kappa shape index (κ2) is 5.57. The van der Waals surface area contributed by atoms with Gasteiger partial charge in [0.15, 0.2) is 0 Å². The van der Waals surface area contributed by atoms with Crippen LogP contribution in [-0.2, 0) is 14.3 Å². The van der Waals surface area contributed by atoms with Gasteiger partial charge in [0.2, 0.25) is 5.91 Å². The third kappa shape index (κ3) is 2.41. The number of carbonyl (C=O) groups excluding carboxylic acids is 2. The summed E-state index contributed by atoms with van der Waals surface area (Å²) < 4.78 is 4.86. The van der Waals surface area contributed by atoms with Gasteiger partial charge in [-0.05, 0) is 18.6 Å². The average Bonchev–Trinajstić information content (AvgIpc) is 2.95. The number of thiophene rings is 1. The molecule has 0 spiro atoms. The number of amides is 1. The monoisotopic (exact) mass is 315 g/mol. The molecule has 114 valence electrons. The fourth-order valence-corrected chi connectivity index (χ4v) is 3.99. The van der Waals surface area contributed by atoms with Crippen molar-refractivity contribution < 1.29 is 14.3 Å². The molecule has 1 aliphatic heterocycles. The molecule has 1 aromatic carbocycles. The maximum absolute atomic E-state index is 12.1. The van der Waals surface area contributed by atoms with Crippen LogP contribution < -0.4 is 4.90 Å². The smallest absolute Gasteiger partial charge is 0.314 e. The maximum Gasteiger partial charge on any atom is 0.314 e. The minimum atomic E-state index is -0.493. The lowest BCUT2D eigenvalue weighted by Crippen LogP contribution is -2.34. The molecule has 0 radical (unpaired) electrons. The Labute approximate surface area is 133 Å². The Bertz CT molecular complexity index is 750. The van der Waals surface area contributed by atoms with Gasteiger partial charge in [-0.25, -0.2) is 0 Å². The molecular formula is C17H17NO3S. The van der Waals surface area contributed by atoms with Crippen LogP contribution in [0, 0.1) is 6.92 Å². The van der Waals surface area contributed by atoms with Crippen molar-refractivity contribution in [3.8, 4) is 10.4 Å². The summed E-state index contributed by atoms with van der Waals surface area (Å²) in [5, 5.41) is 0. The zero-order chi connectivity index (χ0) is 15.9. The van der Waals surface area contributed by atoms with Crippen molar-refractivity contribution in [2.45, 2.75) is 19.3 Å². The summed E-state index contributed by atoms with van der Waals surface area (Å²) in [6.07, 6.45) is 0.171. The largest absolute Gasteiger partial charge is 0.469 e. The summed E-state index contributed by atoms with van der Waals surface area (Å²) in [4.78, 5) is 27.7. The lowest BCUT2D eigenvalue weighted by atomic mass is 9.97. The molecule has 0 saturated heterocycles. The average molecular weight is 315 g/mol. The predicted octanol–water partition coefficient (Wildman–Crippen LogP) is 3.35. The molecule has 2 aromatic rings. The summed E-state index contributed by atoms with van der Waals surface area (Å²) in [6, 6.07) is 10.2. The van der Waals surface area contributed by atoms with Crippen molar-refractivity contribution in [1.82, 2.24) is 0 Å². The number of esters is 1. The second-order valence-electron chi connectivity index (χ2n) is 5.46. The van der Waals surface area contributed by atoms with Gasteiger partial charge in [0.25, 0.3) is 0 Å². The number of anilines is 1. The van der Waals surface area contributed by atoms with E-state index in [1.165, 1.54) is 12.7 Å². The second-order valence-corrected chi connectivity index (χ2v) is 6.55. The van der Waals surface area contributed by atoms with Crippen LogP contribution in [0.4, 0.5) is 5.69 Å². The lowest BCUT2D eigenvalue weighted by molar-refractivity contribution is -0.144. The molecule has 5 heteroatoms. The standard InChI is InChI=1S/C17H17NO3S/c1-10-5-4-6-11(7-10)14-9-13-16(22-14)12(17(20)21-3)8-15(19)18(13)2/h4-7,9,12H,8H2,1-3H3. The van der Waals surface area contributed by atoms with E-state index in [0.29, 0.717) is 0 Å². The number of aryl methyl sites for hydroxylation is 1. The first kappa shape index (κ1) is 14.8. The van der Waals surface area contributed by atoms with Crippen LogP contribution in [0.1, 0.15) is 22.8 Å². The lowest BCUT2D eigenvalue weighted by Gasteiger charge is -2.27. The van der Waals surface area contributed by atoms with E-state index in [9.17, 15) is 9.59 Å². The molecule has 0 aliphatic carbocycles. The summed E-state index contributed by atoms with van der Waals surface area (Å²) in [7, 11) is 3.11. The number of fused-ring (bicyclic) bond motifs is 1. The normalized spacial score (nSPS) is 17.3. The SMILES string of the molecule is COC(=O)C1CC(=O)N(C)c2cc(-c3cccc(C)c3)sc21. The molecule has 0 saturated carbocycles. The first-order valence-corrected chi connectivity index (χ1v) is 7.88. The number of rotatable bonds is 2. The summed E-state index contributed by atoms with van der Waals surface area (Å²) in [6.45, 7) is 2.05. The molecule has 1 atom stereocenters. The van der Waals surface area contributed by atoms with Gasteiger partial charge in [-0.3, -0.25) is 9.59 Å². The van der Waals surface area contributed by atoms with Crippen LogP contribution in [0.25, 0.3) is 10.4 Å². The van der Waals surface area contributed by atoms with Gasteiger partial charge >= 0.3 is 5.97 Å². The number of benzene rings is 1. The quantitative estimate of drug-likeness (QED) is 0.799. The van der Waals surface area contributed by atoms with Crippen LogP contribution in [0.2, 0.25) is 0 Å². The molecule has 2 heterocycles. The number of hydrogen-bond acceptors (Lipinski definition) is 4. The van der Waals surface area contributed by atoms with Crippen molar-refractivity contribution in [1.29, 1.82) is 0 Å². The summed E-state index contributed by atoms with van der Waals surface area (Å²) in [5.74, 6) is -0.899. The highest BCUT2D eigenvalue weighted by atomic mass is 32.1. The molecule has 4 nitrogen and oxygen atoms in total. The zero-order valence-electron chi connectivity index (χ0n) is 12.8. The Morgan fingerprint density at radius 2 is 2.14 bits per heavy atom. The Balaban J connectivity index is 2.10. The molecular weight excluding hydrogens is 298 g/mol. The minimum absolute atomic E-state index is 0.0588. The molecule has 1 unspecified atom stereocenters. The molecule has 3 rings (SSSR count). The summed E-state index contributed by atoms with van der Waals surface area (Å²) in [5.41, 5.74) is 3.09. The number of carbonyl (C=O) groups is 2. The third-order valence-electron chi connectivity index (χ3n) is 3.96. The van der Waals surface area contributed by atoms with E-state index >= 15 is 0 Å². The van der Waals surface area contributed by atoms with E-state index in [2.05, 4.69) is 6.07 Å². The van der Waals surface area contributed by atoms with E-state index in [1.807, 2.05) is 31.2 Å². The van der Waals surface area contributed by atoms with Gasteiger partial charge in [-0.15, -0.1) is 11.3 Å². The van der Waals surface area contributed by atoms with Crippen molar-refractivity contribution in [2.24, 2.45) is 0 Å². The van der Waals surface area contributed by atoms with Crippen molar-refractivity contribution >= 4 is 28.9 Å². The van der Waals surface area contributed by atoms with Gasteiger partial charge in [0.1, 0.15) is 5.92 Å². The van der Waals surface area contributed by atoms with Crippen molar-refractivity contribution in [3.05, 3.63) is 40.8 Å². The van der Waals surface area contributed by atoms with Crippen LogP contribution in [0.3, 0.4) is 0 Å². The van der Waals surface area contributed by atoms with Crippen LogP contribution >= 0.6 is 11.3 Å². The Morgan fingerprint density at radius 3 is 2.82 bits per heavy atom. The van der Waals surface area contributed by atoms with Gasteiger partial charge in [-0.1, -0.05) is 29.8 Å². The summed E-state index contributed by atoms with van der Waals surface area (Å²) >= 11 is 1.56. The Kier molecular flexibility index (Phi) is 3.74. The highest BCUT2D eigenvalue weighted by Gasteiger charge is 2.36. The fourth-order valence-electron chi connectivity index (χ4n) is 2.72. The van der Waals surface area contributed by atoms with Crippen LogP contribution in [-0.4, -0.2) is 26.0 Å². The van der Waals surface area contributed by atoms with E-state index in [1.54, 1.807) is 23.3 Å². The van der Waals surface area contributed by atoms with Crippen molar-refractivity contribution in [3.63, 3.8) is 0 Å². The number of ether oxygens (including phenoxy) is 1. The Hall–Kier alpha value is -2.14. The Morgan fingerprint density at radius 1 is 1.36 bits per heavy atom. The minimum Gasteiger partial charge on any atom is -0.469 e. The highest BCUT2D eigenvalue weighted by Crippen LogP contribution is 2.45.